The van der Waals surface area contributed by atoms with E-state index in [1.165, 1.54) is 0 Å². The molecule has 1 unspecified atom stereocenters. The number of rotatable bonds is 1. The van der Waals surface area contributed by atoms with Gasteiger partial charge >= 0.3 is 0 Å². The third-order valence-electron chi connectivity index (χ3n) is 0.830. The second-order valence-electron chi connectivity index (χ2n) is 1.47. The van der Waals surface area contributed by atoms with Crippen LogP contribution in [0.15, 0.2) is 0 Å². The van der Waals surface area contributed by atoms with Crippen molar-refractivity contribution in [3.63, 3.8) is 0 Å². The lowest BCUT2D eigenvalue weighted by molar-refractivity contribution is 0.977. The van der Waals surface area contributed by atoms with Crippen LogP contribution in [-0.2, 0) is 0 Å². The van der Waals surface area contributed by atoms with Crippen LogP contribution in [0.5, 0.6) is 0 Å². The molecule has 2 nitrogen and oxygen atoms in total. The summed E-state index contributed by atoms with van der Waals surface area (Å²) in [4.78, 5) is 0. The zero-order chi connectivity index (χ0) is 4.41. The van der Waals surface area contributed by atoms with E-state index in [4.69, 9.17) is 5.26 Å². The zero-order valence-corrected chi connectivity index (χ0v) is 3.44. The average Bonchev–Trinajstić information content (AvgIpc) is 2.21. The molecular weight excluding hydrogens is 76.1 g/mol. The number of nitrogens with one attached hydrogen (secondary N) is 1. The molecule has 1 fully saturated rings. The standard InChI is InChI=1S/C4H6N2/c5-2-1-4-3-6-4/h4,6H,1,3H2. The fourth-order valence-electron chi connectivity index (χ4n) is 0.338. The molecule has 0 radical (unpaired) electrons. The molecule has 2 heteroatoms. The van der Waals surface area contributed by atoms with Gasteiger partial charge in [0.15, 0.2) is 0 Å². The molecule has 0 aromatic carbocycles. The van der Waals surface area contributed by atoms with Gasteiger partial charge in [-0.3, -0.25) is 0 Å². The highest BCUT2D eigenvalue weighted by atomic mass is 15.1. The second kappa shape index (κ2) is 1.27. The predicted molar refractivity (Wildman–Crippen MR) is 22.0 cm³/mol. The Bertz CT molecular complexity index is 78.0. The Morgan fingerprint density at radius 2 is 2.67 bits per heavy atom. The average molecular weight is 82.1 g/mol. The van der Waals surface area contributed by atoms with Crippen LogP contribution in [0, 0.1) is 11.3 Å². The van der Waals surface area contributed by atoms with Crippen LogP contribution in [0.1, 0.15) is 6.42 Å². The first-order chi connectivity index (χ1) is 2.93. The third kappa shape index (κ3) is 0.697. The van der Waals surface area contributed by atoms with E-state index in [0.717, 1.165) is 6.54 Å². The Hall–Kier alpha value is -0.550. The van der Waals surface area contributed by atoms with E-state index in [2.05, 4.69) is 11.4 Å². The summed E-state index contributed by atoms with van der Waals surface area (Å²) >= 11 is 0. The van der Waals surface area contributed by atoms with Crippen LogP contribution < -0.4 is 5.32 Å². The van der Waals surface area contributed by atoms with Crippen molar-refractivity contribution >= 4 is 0 Å². The molecule has 0 amide bonds. The normalized spacial score (nSPS) is 28.8. The van der Waals surface area contributed by atoms with Gasteiger partial charge in [0, 0.05) is 12.6 Å². The summed E-state index contributed by atoms with van der Waals surface area (Å²) in [6.07, 6.45) is 0.681. The number of hydrogen-bond donors (Lipinski definition) is 1. The van der Waals surface area contributed by atoms with E-state index in [-0.39, 0.29) is 0 Å². The lowest BCUT2D eigenvalue weighted by Gasteiger charge is -1.69. The topological polar surface area (TPSA) is 45.7 Å². The van der Waals surface area contributed by atoms with Gasteiger partial charge in [-0.2, -0.15) is 5.26 Å². The number of nitriles is 1. The van der Waals surface area contributed by atoms with Crippen molar-refractivity contribution in [2.24, 2.45) is 0 Å². The van der Waals surface area contributed by atoms with Crippen LogP contribution in [0.2, 0.25) is 0 Å². The van der Waals surface area contributed by atoms with E-state index < -0.39 is 0 Å². The van der Waals surface area contributed by atoms with Crippen LogP contribution in [0.3, 0.4) is 0 Å². The third-order valence-corrected chi connectivity index (χ3v) is 0.830. The van der Waals surface area contributed by atoms with Gasteiger partial charge in [0.1, 0.15) is 0 Å². The highest BCUT2D eigenvalue weighted by Crippen LogP contribution is 1.98. The molecule has 0 aromatic heterocycles. The highest BCUT2D eigenvalue weighted by molar-refractivity contribution is 4.91. The Balaban J connectivity index is 2.05. The molecule has 6 heavy (non-hydrogen) atoms. The summed E-state index contributed by atoms with van der Waals surface area (Å²) in [5.74, 6) is 0. The van der Waals surface area contributed by atoms with Crippen LogP contribution >= 0.6 is 0 Å². The first-order valence-corrected chi connectivity index (χ1v) is 2.04. The van der Waals surface area contributed by atoms with Crippen molar-refractivity contribution < 1.29 is 0 Å². The SMILES string of the molecule is N#CCC1CN1. The zero-order valence-electron chi connectivity index (χ0n) is 3.44. The summed E-state index contributed by atoms with van der Waals surface area (Å²) in [5.41, 5.74) is 0. The van der Waals surface area contributed by atoms with E-state index >= 15 is 0 Å². The summed E-state index contributed by atoms with van der Waals surface area (Å²) in [5, 5.41) is 11.0. The monoisotopic (exact) mass is 82.1 g/mol. The van der Waals surface area contributed by atoms with Gasteiger partial charge in [0.25, 0.3) is 0 Å². The molecule has 1 heterocycles. The fourth-order valence-corrected chi connectivity index (χ4v) is 0.338. The molecule has 0 aliphatic carbocycles. The lowest BCUT2D eigenvalue weighted by Crippen LogP contribution is -1.84. The van der Waals surface area contributed by atoms with Crippen molar-refractivity contribution in [3.05, 3.63) is 0 Å². The fraction of sp³-hybridized carbons (Fsp3) is 0.750. The lowest BCUT2D eigenvalue weighted by atomic mass is 10.4. The summed E-state index contributed by atoms with van der Waals surface area (Å²) in [6, 6.07) is 2.60. The first-order valence-electron chi connectivity index (χ1n) is 2.04. The minimum absolute atomic E-state index is 0.537. The molecule has 1 aliphatic rings. The molecule has 1 aliphatic heterocycles. The molecule has 0 spiro atoms. The van der Waals surface area contributed by atoms with Gasteiger partial charge in [-0.15, -0.1) is 0 Å². The predicted octanol–water partition coefficient (Wildman–Crippen LogP) is -0.128. The molecule has 0 bridgehead atoms. The number of nitrogens with zero attached hydrogens (tertiary/aromatic N) is 1. The molecular formula is C4H6N2. The maximum absolute atomic E-state index is 7.99. The van der Waals surface area contributed by atoms with Crippen molar-refractivity contribution in [1.82, 2.24) is 5.32 Å². The van der Waals surface area contributed by atoms with E-state index in [0.29, 0.717) is 12.5 Å². The number of hydrogen-bond acceptors (Lipinski definition) is 2. The Morgan fingerprint density at radius 3 is 2.83 bits per heavy atom. The van der Waals surface area contributed by atoms with Crippen LogP contribution in [0.25, 0.3) is 0 Å². The van der Waals surface area contributed by atoms with Gasteiger partial charge in [-0.05, 0) is 0 Å². The van der Waals surface area contributed by atoms with Crippen LogP contribution in [0.4, 0.5) is 0 Å². The van der Waals surface area contributed by atoms with Crippen molar-refractivity contribution in [2.45, 2.75) is 12.5 Å². The Morgan fingerprint density at radius 1 is 2.00 bits per heavy atom. The molecule has 1 N–H and O–H groups in total. The van der Waals surface area contributed by atoms with Crippen molar-refractivity contribution in [3.8, 4) is 6.07 Å². The van der Waals surface area contributed by atoms with Gasteiger partial charge in [0.05, 0.1) is 12.5 Å². The molecule has 32 valence electrons. The van der Waals surface area contributed by atoms with Gasteiger partial charge < -0.3 is 5.32 Å². The minimum atomic E-state index is 0.537. The van der Waals surface area contributed by atoms with Gasteiger partial charge in [0.2, 0.25) is 0 Å². The summed E-state index contributed by atoms with van der Waals surface area (Å²) < 4.78 is 0. The van der Waals surface area contributed by atoms with Crippen molar-refractivity contribution in [2.75, 3.05) is 6.54 Å². The van der Waals surface area contributed by atoms with E-state index in [1.807, 2.05) is 0 Å². The summed E-state index contributed by atoms with van der Waals surface area (Å²) in [6.45, 7) is 1.05. The second-order valence-corrected chi connectivity index (χ2v) is 1.47. The van der Waals surface area contributed by atoms with Gasteiger partial charge in [-0.25, -0.2) is 0 Å². The molecule has 1 atom stereocenters. The smallest absolute Gasteiger partial charge is 0.0638 e. The van der Waals surface area contributed by atoms with Gasteiger partial charge in [-0.1, -0.05) is 0 Å². The largest absolute Gasteiger partial charge is 0.310 e. The minimum Gasteiger partial charge on any atom is -0.310 e. The Labute approximate surface area is 36.8 Å². The quantitative estimate of drug-likeness (QED) is 0.448. The van der Waals surface area contributed by atoms with E-state index in [1.54, 1.807) is 0 Å². The van der Waals surface area contributed by atoms with Crippen LogP contribution in [-0.4, -0.2) is 12.6 Å². The maximum atomic E-state index is 7.99. The first kappa shape index (κ1) is 3.63. The maximum Gasteiger partial charge on any atom is 0.0638 e. The molecule has 0 aromatic rings. The highest BCUT2D eigenvalue weighted by Gasteiger charge is 2.17. The molecule has 0 saturated carbocycles. The van der Waals surface area contributed by atoms with E-state index in [9.17, 15) is 0 Å². The van der Waals surface area contributed by atoms with Crippen molar-refractivity contribution in [1.29, 1.82) is 5.26 Å². The Kier molecular flexibility index (Phi) is 0.771. The molecule has 1 saturated heterocycles. The molecule has 1 rings (SSSR count). The summed E-state index contributed by atoms with van der Waals surface area (Å²) in [7, 11) is 0.